The van der Waals surface area contributed by atoms with Gasteiger partial charge >= 0.3 is 5.97 Å². The van der Waals surface area contributed by atoms with Crippen LogP contribution in [0, 0.1) is 6.92 Å². The molecule has 6 nitrogen and oxygen atoms in total. The molecule has 0 saturated heterocycles. The van der Waals surface area contributed by atoms with Crippen LogP contribution in [0.15, 0.2) is 54.6 Å². The van der Waals surface area contributed by atoms with E-state index in [0.717, 1.165) is 33.1 Å². The minimum atomic E-state index is -0.506. The summed E-state index contributed by atoms with van der Waals surface area (Å²) in [5, 5.41) is 3.28. The lowest BCUT2D eigenvalue weighted by atomic mass is 10.0. The van der Waals surface area contributed by atoms with Crippen molar-refractivity contribution >= 4 is 34.3 Å². The van der Waals surface area contributed by atoms with Gasteiger partial charge in [0.05, 0.1) is 20.3 Å². The van der Waals surface area contributed by atoms with Gasteiger partial charge in [0.25, 0.3) is 0 Å². The summed E-state index contributed by atoms with van der Waals surface area (Å²) < 4.78 is 16.0. The second-order valence-electron chi connectivity index (χ2n) is 7.01. The van der Waals surface area contributed by atoms with Gasteiger partial charge in [-0.3, -0.25) is 4.79 Å². The maximum absolute atomic E-state index is 12.6. The van der Waals surface area contributed by atoms with E-state index >= 15 is 0 Å². The molecule has 0 atom stereocenters. The normalized spacial score (nSPS) is 10.8. The first-order valence-corrected chi connectivity index (χ1v) is 11.4. The predicted octanol–water partition coefficient (Wildman–Crippen LogP) is 5.96. The van der Waals surface area contributed by atoms with E-state index in [1.165, 1.54) is 24.5 Å². The molecule has 0 saturated carbocycles. The highest BCUT2D eigenvalue weighted by Crippen LogP contribution is 2.40. The van der Waals surface area contributed by atoms with E-state index in [2.05, 4.69) is 5.32 Å². The van der Waals surface area contributed by atoms with Crippen molar-refractivity contribution in [3.8, 4) is 22.6 Å². The van der Waals surface area contributed by atoms with Crippen molar-refractivity contribution in [3.63, 3.8) is 0 Å². The highest BCUT2D eigenvalue weighted by Gasteiger charge is 2.24. The quantitative estimate of drug-likeness (QED) is 0.312. The molecule has 0 spiro atoms. The number of nitrogens with one attached hydrogen (secondary N) is 1. The van der Waals surface area contributed by atoms with Gasteiger partial charge in [-0.2, -0.15) is 0 Å². The smallest absolute Gasteiger partial charge is 0.341 e. The van der Waals surface area contributed by atoms with Crippen LogP contribution in [0.25, 0.3) is 17.2 Å². The lowest BCUT2D eigenvalue weighted by molar-refractivity contribution is -0.111. The molecule has 2 aromatic carbocycles. The Morgan fingerprint density at radius 2 is 1.52 bits per heavy atom. The van der Waals surface area contributed by atoms with Gasteiger partial charge in [-0.05, 0) is 62.2 Å². The molecule has 1 heterocycles. The van der Waals surface area contributed by atoms with Crippen LogP contribution in [-0.4, -0.2) is 32.2 Å². The van der Waals surface area contributed by atoms with Crippen LogP contribution in [0.4, 0.5) is 5.00 Å². The van der Waals surface area contributed by atoms with Gasteiger partial charge < -0.3 is 19.5 Å². The fraction of sp³-hybridized carbons (Fsp3) is 0.231. The molecule has 0 aliphatic heterocycles. The molecule has 1 aromatic heterocycles. The monoisotopic (exact) mass is 465 g/mol. The van der Waals surface area contributed by atoms with E-state index < -0.39 is 5.97 Å². The van der Waals surface area contributed by atoms with E-state index in [9.17, 15) is 9.59 Å². The number of thiophene rings is 1. The number of hydrogen-bond donors (Lipinski definition) is 1. The zero-order valence-corrected chi connectivity index (χ0v) is 20.0. The molecule has 172 valence electrons. The van der Waals surface area contributed by atoms with Crippen LogP contribution in [0.3, 0.4) is 0 Å². The van der Waals surface area contributed by atoms with Crippen LogP contribution in [0.1, 0.15) is 34.6 Å². The lowest BCUT2D eigenvalue weighted by Gasteiger charge is -2.08. The molecule has 33 heavy (non-hydrogen) atoms. The number of carbonyl (C=O) groups excluding carboxylic acids is 2. The van der Waals surface area contributed by atoms with Gasteiger partial charge in [0.1, 0.15) is 22.1 Å². The minimum Gasteiger partial charge on any atom is -0.494 e. The molecule has 3 aromatic rings. The van der Waals surface area contributed by atoms with E-state index in [4.69, 9.17) is 14.2 Å². The van der Waals surface area contributed by atoms with Crippen LogP contribution >= 0.6 is 11.3 Å². The number of rotatable bonds is 9. The highest BCUT2D eigenvalue weighted by molar-refractivity contribution is 7.17. The van der Waals surface area contributed by atoms with Crippen molar-refractivity contribution in [1.29, 1.82) is 0 Å². The average Bonchev–Trinajstić information content (AvgIpc) is 3.14. The predicted molar refractivity (Wildman–Crippen MR) is 132 cm³/mol. The zero-order chi connectivity index (χ0) is 23.8. The van der Waals surface area contributed by atoms with Crippen LogP contribution in [-0.2, 0) is 9.53 Å². The average molecular weight is 466 g/mol. The van der Waals surface area contributed by atoms with Gasteiger partial charge in [0.2, 0.25) is 5.91 Å². The molecule has 3 rings (SSSR count). The van der Waals surface area contributed by atoms with Crippen molar-refractivity contribution in [3.05, 3.63) is 70.6 Å². The standard InChI is InChI=1S/C26H27NO5S/c1-5-31-20-12-7-18(8-13-20)9-16-22(28)27-25-24(26(29)30-4)23(17(3)33-25)19-10-14-21(15-11-19)32-6-2/h7-16H,5-6H2,1-4H3,(H,27,28)/b16-9+. The summed E-state index contributed by atoms with van der Waals surface area (Å²) in [5.41, 5.74) is 2.78. The van der Waals surface area contributed by atoms with E-state index in [0.29, 0.717) is 23.8 Å². The summed E-state index contributed by atoms with van der Waals surface area (Å²) in [6, 6.07) is 14.9. The number of hydrogen-bond acceptors (Lipinski definition) is 6. The molecular weight excluding hydrogens is 438 g/mol. The van der Waals surface area contributed by atoms with E-state index in [-0.39, 0.29) is 5.91 Å². The van der Waals surface area contributed by atoms with Gasteiger partial charge in [-0.15, -0.1) is 11.3 Å². The Bertz CT molecular complexity index is 1130. The number of ether oxygens (including phenoxy) is 3. The first kappa shape index (κ1) is 24.1. The first-order chi connectivity index (χ1) is 16.0. The summed E-state index contributed by atoms with van der Waals surface area (Å²) >= 11 is 1.34. The van der Waals surface area contributed by atoms with E-state index in [1.807, 2.05) is 69.3 Å². The molecule has 0 aliphatic carbocycles. The van der Waals surface area contributed by atoms with Crippen molar-refractivity contribution in [1.82, 2.24) is 0 Å². The highest BCUT2D eigenvalue weighted by atomic mass is 32.1. The summed E-state index contributed by atoms with van der Waals surface area (Å²) in [5.74, 6) is 0.682. The number of esters is 1. The molecule has 7 heteroatoms. The summed E-state index contributed by atoms with van der Waals surface area (Å²) in [7, 11) is 1.33. The number of benzene rings is 2. The Balaban J connectivity index is 1.84. The summed E-state index contributed by atoms with van der Waals surface area (Å²) in [6.07, 6.45) is 3.14. The van der Waals surface area contributed by atoms with Crippen LogP contribution in [0.5, 0.6) is 11.5 Å². The fourth-order valence-corrected chi connectivity index (χ4v) is 4.40. The van der Waals surface area contributed by atoms with Gasteiger partial charge in [0, 0.05) is 16.5 Å². The molecule has 0 aliphatic rings. The summed E-state index contributed by atoms with van der Waals surface area (Å²) in [4.78, 5) is 26.1. The third kappa shape index (κ3) is 6.02. The first-order valence-electron chi connectivity index (χ1n) is 10.6. The number of methoxy groups -OCH3 is 1. The largest absolute Gasteiger partial charge is 0.494 e. The lowest BCUT2D eigenvalue weighted by Crippen LogP contribution is -2.11. The van der Waals surface area contributed by atoms with Crippen molar-refractivity contribution in [2.45, 2.75) is 20.8 Å². The Morgan fingerprint density at radius 1 is 0.939 bits per heavy atom. The van der Waals surface area contributed by atoms with Crippen LogP contribution in [0.2, 0.25) is 0 Å². The third-order valence-electron chi connectivity index (χ3n) is 4.78. The zero-order valence-electron chi connectivity index (χ0n) is 19.1. The number of aryl methyl sites for hydroxylation is 1. The molecule has 0 unspecified atom stereocenters. The molecule has 1 amide bonds. The van der Waals surface area contributed by atoms with Gasteiger partial charge in [-0.1, -0.05) is 24.3 Å². The van der Waals surface area contributed by atoms with Crippen molar-refractivity contribution < 1.29 is 23.8 Å². The van der Waals surface area contributed by atoms with Crippen molar-refractivity contribution in [2.75, 3.05) is 25.6 Å². The Labute approximate surface area is 197 Å². The maximum Gasteiger partial charge on any atom is 0.341 e. The fourth-order valence-electron chi connectivity index (χ4n) is 3.33. The molecule has 0 fully saturated rings. The Morgan fingerprint density at radius 3 is 2.06 bits per heavy atom. The summed E-state index contributed by atoms with van der Waals surface area (Å²) in [6.45, 7) is 6.93. The number of carbonyl (C=O) groups is 2. The molecular formula is C26H27NO5S. The maximum atomic E-state index is 12.6. The van der Waals surface area contributed by atoms with Gasteiger partial charge in [-0.25, -0.2) is 4.79 Å². The second kappa shape index (κ2) is 11.3. The van der Waals surface area contributed by atoms with Crippen molar-refractivity contribution in [2.24, 2.45) is 0 Å². The molecule has 0 bridgehead atoms. The van der Waals surface area contributed by atoms with Crippen LogP contribution < -0.4 is 14.8 Å². The third-order valence-corrected chi connectivity index (χ3v) is 5.80. The second-order valence-corrected chi connectivity index (χ2v) is 8.24. The number of anilines is 1. The minimum absolute atomic E-state index is 0.339. The molecule has 1 N–H and O–H groups in total. The van der Waals surface area contributed by atoms with Gasteiger partial charge in [0.15, 0.2) is 0 Å². The number of amides is 1. The Kier molecular flexibility index (Phi) is 8.27. The topological polar surface area (TPSA) is 73.9 Å². The Hall–Kier alpha value is -3.58. The SMILES string of the molecule is CCOc1ccc(/C=C/C(=O)Nc2sc(C)c(-c3ccc(OCC)cc3)c2C(=O)OC)cc1. The molecule has 0 radical (unpaired) electrons. The van der Waals surface area contributed by atoms with E-state index in [1.54, 1.807) is 6.08 Å².